The monoisotopic (exact) mass is 489 g/mol. The van der Waals surface area contributed by atoms with E-state index in [1.165, 1.54) is 5.39 Å². The molecule has 1 unspecified atom stereocenters. The molecule has 1 heterocycles. The summed E-state index contributed by atoms with van der Waals surface area (Å²) < 4.78 is 9.02. The van der Waals surface area contributed by atoms with Gasteiger partial charge in [0.2, 0.25) is 0 Å². The minimum Gasteiger partial charge on any atom is -0.478 e. The number of allylic oxidation sites excluding steroid dienone is 3. The number of aryl methyl sites for hydroxylation is 1. The van der Waals surface area contributed by atoms with Crippen molar-refractivity contribution in [3.8, 4) is 0 Å². The Morgan fingerprint density at radius 3 is 2.67 bits per heavy atom. The molecule has 0 saturated heterocycles. The van der Waals surface area contributed by atoms with E-state index in [4.69, 9.17) is 9.84 Å². The smallest absolute Gasteiger partial charge is 0.347 e. The van der Waals surface area contributed by atoms with Crippen molar-refractivity contribution in [1.82, 2.24) is 14.3 Å². The molecule has 0 radical (unpaired) electrons. The van der Waals surface area contributed by atoms with Crippen LogP contribution in [0, 0.1) is 5.92 Å². The Morgan fingerprint density at radius 1 is 1.19 bits per heavy atom. The number of carbonyl (C=O) groups is 1. The maximum Gasteiger partial charge on any atom is 0.347 e. The highest BCUT2D eigenvalue weighted by molar-refractivity contribution is 5.83. The molecule has 1 aliphatic carbocycles. The normalized spacial score (nSPS) is 15.8. The number of rotatable bonds is 11. The van der Waals surface area contributed by atoms with Gasteiger partial charge in [0.1, 0.15) is 11.6 Å². The van der Waals surface area contributed by atoms with Gasteiger partial charge in [-0.05, 0) is 80.0 Å². The van der Waals surface area contributed by atoms with Crippen molar-refractivity contribution in [1.29, 1.82) is 0 Å². The summed E-state index contributed by atoms with van der Waals surface area (Å²) in [5, 5.41) is 16.3. The minimum atomic E-state index is -1.25. The number of ether oxygens (including phenoxy) is 1. The highest BCUT2D eigenvalue weighted by Gasteiger charge is 2.30. The summed E-state index contributed by atoms with van der Waals surface area (Å²) >= 11 is 0. The molecular formula is C29H35N3O4. The third-order valence-corrected chi connectivity index (χ3v) is 6.61. The van der Waals surface area contributed by atoms with Gasteiger partial charge in [-0.2, -0.15) is 5.10 Å². The quantitative estimate of drug-likeness (QED) is 0.394. The van der Waals surface area contributed by atoms with Crippen molar-refractivity contribution in [2.24, 2.45) is 5.92 Å². The van der Waals surface area contributed by atoms with Crippen LogP contribution in [0.4, 0.5) is 0 Å². The molecule has 36 heavy (non-hydrogen) atoms. The summed E-state index contributed by atoms with van der Waals surface area (Å²) in [5.74, 6) is 0.807. The van der Waals surface area contributed by atoms with Crippen molar-refractivity contribution in [3.63, 3.8) is 0 Å². The van der Waals surface area contributed by atoms with Crippen LogP contribution in [-0.2, 0) is 29.0 Å². The second-order valence-corrected chi connectivity index (χ2v) is 9.96. The Kier molecular flexibility index (Phi) is 7.77. The zero-order valence-electron chi connectivity index (χ0n) is 21.3. The fraction of sp³-hybridized carbons (Fsp3) is 0.414. The van der Waals surface area contributed by atoms with Gasteiger partial charge in [-0.25, -0.2) is 14.3 Å². The van der Waals surface area contributed by atoms with Crippen LogP contribution in [0.25, 0.3) is 10.8 Å². The van der Waals surface area contributed by atoms with E-state index >= 15 is 0 Å². The van der Waals surface area contributed by atoms with Crippen LogP contribution in [0.1, 0.15) is 57.8 Å². The van der Waals surface area contributed by atoms with Crippen molar-refractivity contribution in [3.05, 3.63) is 88.3 Å². The fourth-order valence-corrected chi connectivity index (χ4v) is 4.53. The van der Waals surface area contributed by atoms with E-state index in [1.54, 1.807) is 18.5 Å². The maximum absolute atomic E-state index is 13.1. The standard InChI is InChI=1S/C29H35N3O4/c1-4-18-31-26(11-7-8-21-13-16-25(17-14-21)36-29(2,3)27(33)34)30-32(28(31)35)20-22-12-15-23-9-5-6-10-24(23)19-22/h5-6,9-10,12-13,15-17,19,21H,4,7-8,11,14,18,20H2,1-3H3,(H,33,34). The Morgan fingerprint density at radius 2 is 1.97 bits per heavy atom. The molecule has 0 saturated carbocycles. The molecule has 1 aliphatic rings. The van der Waals surface area contributed by atoms with E-state index in [-0.39, 0.29) is 5.69 Å². The lowest BCUT2D eigenvalue weighted by atomic mass is 9.94. The number of aliphatic carboxylic acids is 1. The van der Waals surface area contributed by atoms with Crippen LogP contribution in [0.2, 0.25) is 0 Å². The Hall–Kier alpha value is -3.61. The molecule has 0 bridgehead atoms. The zero-order chi connectivity index (χ0) is 25.7. The second kappa shape index (κ2) is 11.0. The van der Waals surface area contributed by atoms with Crippen molar-refractivity contribution in [2.45, 2.75) is 71.6 Å². The average molecular weight is 490 g/mol. The van der Waals surface area contributed by atoms with Crippen LogP contribution >= 0.6 is 0 Å². The summed E-state index contributed by atoms with van der Waals surface area (Å²) in [4.78, 5) is 24.4. The second-order valence-electron chi connectivity index (χ2n) is 9.96. The first-order valence-electron chi connectivity index (χ1n) is 12.7. The fourth-order valence-electron chi connectivity index (χ4n) is 4.53. The lowest BCUT2D eigenvalue weighted by Gasteiger charge is -2.24. The van der Waals surface area contributed by atoms with Crippen molar-refractivity contribution in [2.75, 3.05) is 0 Å². The number of aromatic nitrogens is 3. The molecule has 1 atom stereocenters. The number of carboxylic acid groups (broad SMARTS) is 1. The lowest BCUT2D eigenvalue weighted by molar-refractivity contribution is -0.156. The Balaban J connectivity index is 1.38. The van der Waals surface area contributed by atoms with Crippen molar-refractivity contribution >= 4 is 16.7 Å². The summed E-state index contributed by atoms with van der Waals surface area (Å²) in [6.45, 7) is 6.29. The van der Waals surface area contributed by atoms with E-state index in [1.807, 2.05) is 28.9 Å². The van der Waals surface area contributed by atoms with Crippen LogP contribution in [0.15, 0.2) is 71.2 Å². The number of fused-ring (bicyclic) bond motifs is 1. The average Bonchev–Trinajstić information content (AvgIpc) is 3.14. The van der Waals surface area contributed by atoms with E-state index in [0.717, 1.165) is 48.9 Å². The van der Waals surface area contributed by atoms with Crippen LogP contribution < -0.4 is 5.69 Å². The summed E-state index contributed by atoms with van der Waals surface area (Å²) in [7, 11) is 0. The summed E-state index contributed by atoms with van der Waals surface area (Å²) in [5.41, 5.74) is -0.243. The van der Waals surface area contributed by atoms with Gasteiger partial charge in [0, 0.05) is 13.0 Å². The third-order valence-electron chi connectivity index (χ3n) is 6.61. The summed E-state index contributed by atoms with van der Waals surface area (Å²) in [6.07, 6.45) is 10.2. The van der Waals surface area contributed by atoms with Gasteiger partial charge < -0.3 is 9.84 Å². The molecule has 4 rings (SSSR count). The number of hydrogen-bond donors (Lipinski definition) is 1. The topological polar surface area (TPSA) is 86.3 Å². The molecule has 1 N–H and O–H groups in total. The van der Waals surface area contributed by atoms with Crippen LogP contribution in [-0.4, -0.2) is 31.0 Å². The maximum atomic E-state index is 13.1. The van der Waals surface area contributed by atoms with E-state index in [0.29, 0.717) is 24.8 Å². The third kappa shape index (κ3) is 5.96. The first-order chi connectivity index (χ1) is 17.3. The molecule has 7 heteroatoms. The molecule has 0 amide bonds. The van der Waals surface area contributed by atoms with Crippen molar-refractivity contribution < 1.29 is 14.6 Å². The number of nitrogens with zero attached hydrogens (tertiary/aromatic N) is 3. The number of carboxylic acids is 1. The molecule has 1 aromatic heterocycles. The van der Waals surface area contributed by atoms with Gasteiger partial charge in [0.25, 0.3) is 0 Å². The first-order valence-corrected chi connectivity index (χ1v) is 12.7. The molecular weight excluding hydrogens is 454 g/mol. The molecule has 190 valence electrons. The van der Waals surface area contributed by atoms with Gasteiger partial charge in [-0.3, -0.25) is 4.57 Å². The van der Waals surface area contributed by atoms with E-state index in [2.05, 4.69) is 43.3 Å². The predicted octanol–water partition coefficient (Wildman–Crippen LogP) is 5.32. The van der Waals surface area contributed by atoms with E-state index in [9.17, 15) is 14.7 Å². The minimum absolute atomic E-state index is 0.0525. The van der Waals surface area contributed by atoms with Crippen LogP contribution in [0.3, 0.4) is 0 Å². The Labute approximate surface area is 211 Å². The van der Waals surface area contributed by atoms with Gasteiger partial charge in [-0.15, -0.1) is 0 Å². The number of hydrogen-bond acceptors (Lipinski definition) is 4. The molecule has 2 aromatic carbocycles. The summed E-state index contributed by atoms with van der Waals surface area (Å²) in [6, 6.07) is 14.5. The van der Waals surface area contributed by atoms with Gasteiger partial charge in [0.05, 0.1) is 6.54 Å². The lowest BCUT2D eigenvalue weighted by Crippen LogP contribution is -2.34. The molecule has 0 spiro atoms. The van der Waals surface area contributed by atoms with Gasteiger partial charge in [0.15, 0.2) is 5.60 Å². The highest BCUT2D eigenvalue weighted by atomic mass is 16.5. The SMILES string of the molecule is CCCn1c(CCCC2C=CC(OC(C)(C)C(=O)O)=CC2)nn(Cc2ccc3ccccc3c2)c1=O. The van der Waals surface area contributed by atoms with Gasteiger partial charge >= 0.3 is 11.7 Å². The van der Waals surface area contributed by atoms with Crippen LogP contribution in [0.5, 0.6) is 0 Å². The largest absolute Gasteiger partial charge is 0.478 e. The highest BCUT2D eigenvalue weighted by Crippen LogP contribution is 2.25. The molecule has 0 aliphatic heterocycles. The number of benzene rings is 2. The Bertz CT molecular complexity index is 1350. The molecule has 7 nitrogen and oxygen atoms in total. The molecule has 3 aromatic rings. The molecule has 0 fully saturated rings. The van der Waals surface area contributed by atoms with Gasteiger partial charge in [-0.1, -0.05) is 49.4 Å². The first kappa shape index (κ1) is 25.5. The zero-order valence-corrected chi connectivity index (χ0v) is 21.3. The van der Waals surface area contributed by atoms with E-state index < -0.39 is 11.6 Å². The predicted molar refractivity (Wildman–Crippen MR) is 141 cm³/mol.